The molecule has 2 fully saturated rings. The number of hydrogen-bond acceptors (Lipinski definition) is 7. The molecule has 4 rings (SSSR count). The van der Waals surface area contributed by atoms with Crippen molar-refractivity contribution in [2.45, 2.75) is 89.7 Å². The van der Waals surface area contributed by atoms with Crippen LogP contribution in [0.3, 0.4) is 0 Å². The van der Waals surface area contributed by atoms with Crippen LogP contribution < -0.4 is 10.6 Å². The van der Waals surface area contributed by atoms with Gasteiger partial charge in [-0.05, 0) is 64.0 Å². The van der Waals surface area contributed by atoms with E-state index < -0.39 is 24.2 Å². The number of halogens is 3. The number of aliphatic hydroxyl groups excluding tert-OH is 1. The summed E-state index contributed by atoms with van der Waals surface area (Å²) in [6.45, 7) is 5.71. The smallest absolute Gasteiger partial charge is 0.391 e. The van der Waals surface area contributed by atoms with Crippen molar-refractivity contribution < 1.29 is 27.9 Å². The van der Waals surface area contributed by atoms with Gasteiger partial charge in [-0.25, -0.2) is 9.97 Å². The number of thiazole rings is 1. The molecular weight excluding hydrogens is 507 g/mol. The summed E-state index contributed by atoms with van der Waals surface area (Å²) in [6.07, 6.45) is 0.0633. The van der Waals surface area contributed by atoms with E-state index in [0.29, 0.717) is 35.4 Å². The van der Waals surface area contributed by atoms with Gasteiger partial charge >= 0.3 is 6.18 Å². The van der Waals surface area contributed by atoms with Gasteiger partial charge in [-0.2, -0.15) is 13.2 Å². The number of aromatic nitrogens is 2. The molecule has 3 N–H and O–H groups in total. The number of hydrogen-bond donors (Lipinski definition) is 3. The molecule has 2 aliphatic rings. The zero-order chi connectivity index (χ0) is 26.9. The highest BCUT2D eigenvalue weighted by molar-refractivity contribution is 7.17. The van der Waals surface area contributed by atoms with Gasteiger partial charge in [-0.3, -0.25) is 9.59 Å². The maximum atomic E-state index is 13.5. The molecule has 0 aromatic carbocycles. The maximum Gasteiger partial charge on any atom is 0.408 e. The number of pyridine rings is 1. The Hall–Kier alpha value is -2.73. The van der Waals surface area contributed by atoms with Crippen LogP contribution in [0, 0.1) is 6.92 Å². The van der Waals surface area contributed by atoms with E-state index in [2.05, 4.69) is 20.6 Å². The van der Waals surface area contributed by atoms with Crippen LogP contribution in [-0.4, -0.2) is 68.7 Å². The van der Waals surface area contributed by atoms with Gasteiger partial charge in [0.25, 0.3) is 11.8 Å². The van der Waals surface area contributed by atoms with Gasteiger partial charge in [0.2, 0.25) is 0 Å². The van der Waals surface area contributed by atoms with Crippen molar-refractivity contribution >= 4 is 29.0 Å². The fourth-order valence-corrected chi connectivity index (χ4v) is 5.96. The molecule has 2 unspecified atom stereocenters. The number of amides is 2. The molecule has 0 radical (unpaired) electrons. The van der Waals surface area contributed by atoms with Crippen molar-refractivity contribution in [2.24, 2.45) is 0 Å². The molecule has 1 saturated heterocycles. The number of aliphatic hydroxyl groups is 1. The van der Waals surface area contributed by atoms with E-state index in [9.17, 15) is 27.9 Å². The maximum absolute atomic E-state index is 13.5. The molecule has 3 heterocycles. The van der Waals surface area contributed by atoms with E-state index in [4.69, 9.17) is 0 Å². The zero-order valence-electron chi connectivity index (χ0n) is 21.1. The molecule has 1 aliphatic carbocycles. The van der Waals surface area contributed by atoms with Gasteiger partial charge in [0.05, 0.1) is 17.0 Å². The Morgan fingerprint density at radius 3 is 2.59 bits per heavy atom. The first-order valence-electron chi connectivity index (χ1n) is 12.6. The summed E-state index contributed by atoms with van der Waals surface area (Å²) in [5, 5.41) is 15.4. The topological polar surface area (TPSA) is 107 Å². The number of anilines is 1. The summed E-state index contributed by atoms with van der Waals surface area (Å²) in [5.41, 5.74) is 1.25. The van der Waals surface area contributed by atoms with E-state index in [1.165, 1.54) is 19.2 Å². The summed E-state index contributed by atoms with van der Waals surface area (Å²) in [4.78, 5) is 37.3. The highest BCUT2D eigenvalue weighted by Crippen LogP contribution is 2.36. The van der Waals surface area contributed by atoms with E-state index in [-0.39, 0.29) is 40.9 Å². The van der Waals surface area contributed by atoms with Crippen LogP contribution in [0.1, 0.15) is 78.2 Å². The fourth-order valence-electron chi connectivity index (χ4n) is 4.92. The molecule has 1 saturated carbocycles. The number of likely N-dealkylation sites (tertiary alicyclic amines) is 1. The quantitative estimate of drug-likeness (QED) is 0.477. The molecule has 2 aromatic heterocycles. The Morgan fingerprint density at radius 1 is 1.27 bits per heavy atom. The highest BCUT2D eigenvalue weighted by atomic mass is 32.1. The van der Waals surface area contributed by atoms with Crippen LogP contribution in [0.4, 0.5) is 19.0 Å². The van der Waals surface area contributed by atoms with Crippen molar-refractivity contribution in [3.63, 3.8) is 0 Å². The van der Waals surface area contributed by atoms with Crippen LogP contribution in [0.2, 0.25) is 0 Å². The van der Waals surface area contributed by atoms with Crippen LogP contribution in [0.15, 0.2) is 12.3 Å². The van der Waals surface area contributed by atoms with E-state index in [1.807, 2.05) is 6.92 Å². The SMILES string of the molecule is CC[C@H](Nc1cc(C)c(-c2sc(C(=O)NC3CCCC3O)nc2C(=O)N2CCC[C@@H]2C)cn1)C(F)(F)F. The van der Waals surface area contributed by atoms with Crippen molar-refractivity contribution in [1.82, 2.24) is 20.2 Å². The van der Waals surface area contributed by atoms with E-state index in [0.717, 1.165) is 30.6 Å². The predicted molar refractivity (Wildman–Crippen MR) is 135 cm³/mol. The number of carbonyl (C=O) groups is 2. The van der Waals surface area contributed by atoms with E-state index in [1.54, 1.807) is 11.8 Å². The largest absolute Gasteiger partial charge is 0.408 e. The molecule has 37 heavy (non-hydrogen) atoms. The third-order valence-electron chi connectivity index (χ3n) is 7.11. The molecule has 1 aliphatic heterocycles. The Kier molecular flexibility index (Phi) is 8.08. The van der Waals surface area contributed by atoms with Crippen LogP contribution in [-0.2, 0) is 0 Å². The van der Waals surface area contributed by atoms with Crippen LogP contribution >= 0.6 is 11.3 Å². The molecule has 0 bridgehead atoms. The molecule has 2 amide bonds. The number of nitrogens with zero attached hydrogens (tertiary/aromatic N) is 3. The van der Waals surface area contributed by atoms with Crippen molar-refractivity contribution in [1.29, 1.82) is 0 Å². The second-order valence-electron chi connectivity index (χ2n) is 9.80. The molecular formula is C25H32F3N5O3S. The predicted octanol–water partition coefficient (Wildman–Crippen LogP) is 4.53. The summed E-state index contributed by atoms with van der Waals surface area (Å²) in [6, 6.07) is -0.563. The van der Waals surface area contributed by atoms with E-state index >= 15 is 0 Å². The van der Waals surface area contributed by atoms with Crippen molar-refractivity contribution in [3.05, 3.63) is 28.5 Å². The summed E-state index contributed by atoms with van der Waals surface area (Å²) in [5.74, 6) is -0.685. The monoisotopic (exact) mass is 539 g/mol. The number of carbonyl (C=O) groups excluding carboxylic acids is 2. The lowest BCUT2D eigenvalue weighted by Crippen LogP contribution is -2.40. The highest BCUT2D eigenvalue weighted by Gasteiger charge is 2.38. The Bertz CT molecular complexity index is 1160. The lowest BCUT2D eigenvalue weighted by Gasteiger charge is -2.22. The minimum absolute atomic E-state index is 0.0344. The second kappa shape index (κ2) is 10.9. The van der Waals surface area contributed by atoms with Gasteiger partial charge < -0.3 is 20.6 Å². The first-order valence-corrected chi connectivity index (χ1v) is 13.4. The van der Waals surface area contributed by atoms with Gasteiger partial charge in [-0.1, -0.05) is 6.92 Å². The first-order chi connectivity index (χ1) is 17.5. The van der Waals surface area contributed by atoms with Gasteiger partial charge in [0, 0.05) is 24.3 Å². The third kappa shape index (κ3) is 5.90. The Morgan fingerprint density at radius 2 is 2.03 bits per heavy atom. The summed E-state index contributed by atoms with van der Waals surface area (Å²) < 4.78 is 39.7. The zero-order valence-corrected chi connectivity index (χ0v) is 21.9. The number of rotatable bonds is 7. The molecule has 12 heteroatoms. The minimum Gasteiger partial charge on any atom is -0.391 e. The lowest BCUT2D eigenvalue weighted by atomic mass is 10.1. The van der Waals surface area contributed by atoms with Crippen LogP contribution in [0.25, 0.3) is 10.4 Å². The average Bonchev–Trinajstić information content (AvgIpc) is 3.57. The normalized spacial score (nSPS) is 22.8. The third-order valence-corrected chi connectivity index (χ3v) is 8.20. The number of aryl methyl sites for hydroxylation is 1. The van der Waals surface area contributed by atoms with Gasteiger partial charge in [0.15, 0.2) is 5.01 Å². The number of alkyl halides is 3. The van der Waals surface area contributed by atoms with Crippen molar-refractivity contribution in [2.75, 3.05) is 11.9 Å². The molecule has 8 nitrogen and oxygen atoms in total. The molecule has 4 atom stereocenters. The van der Waals surface area contributed by atoms with Gasteiger partial charge in [0.1, 0.15) is 17.6 Å². The first kappa shape index (κ1) is 27.3. The molecule has 202 valence electrons. The molecule has 0 spiro atoms. The second-order valence-corrected chi connectivity index (χ2v) is 10.8. The minimum atomic E-state index is -4.41. The number of nitrogens with one attached hydrogen (secondary N) is 2. The average molecular weight is 540 g/mol. The Balaban J connectivity index is 1.67. The Labute approximate surface area is 217 Å². The lowest BCUT2D eigenvalue weighted by molar-refractivity contribution is -0.142. The van der Waals surface area contributed by atoms with Gasteiger partial charge in [-0.15, -0.1) is 11.3 Å². The van der Waals surface area contributed by atoms with Crippen molar-refractivity contribution in [3.8, 4) is 10.4 Å². The summed E-state index contributed by atoms with van der Waals surface area (Å²) >= 11 is 1.04. The fraction of sp³-hybridized carbons (Fsp3) is 0.600. The molecule has 2 aromatic rings. The van der Waals surface area contributed by atoms with Crippen LogP contribution in [0.5, 0.6) is 0 Å². The summed E-state index contributed by atoms with van der Waals surface area (Å²) in [7, 11) is 0. The standard InChI is InChI=1S/C25H32F3N5O3S/c1-4-18(25(26,27)28)31-19-11-13(2)15(12-29-19)21-20(24(36)33-10-6-7-14(33)3)32-23(37-21)22(35)30-16-8-5-9-17(16)34/h11-12,14,16-18,34H,4-10H2,1-3H3,(H,29,31)(H,30,35)/t14-,16?,17?,18-/m0/s1.